The van der Waals surface area contributed by atoms with E-state index in [1.165, 1.54) is 18.4 Å². The first-order valence-corrected chi connectivity index (χ1v) is 7.49. The molecular weight excluding hydrogens is 290 g/mol. The minimum Gasteiger partial charge on any atom is -0.488 e. The van der Waals surface area contributed by atoms with Crippen LogP contribution in [0.15, 0.2) is 22.7 Å². The predicted octanol–water partition coefficient (Wildman–Crippen LogP) is 3.92. The van der Waals surface area contributed by atoms with Gasteiger partial charge in [-0.05, 0) is 44.0 Å². The number of hydrogen-bond acceptors (Lipinski definition) is 2. The summed E-state index contributed by atoms with van der Waals surface area (Å²) in [4.78, 5) is 0. The lowest BCUT2D eigenvalue weighted by Crippen LogP contribution is -2.44. The predicted molar refractivity (Wildman–Crippen MR) is 79.3 cm³/mol. The summed E-state index contributed by atoms with van der Waals surface area (Å²) in [6, 6.07) is 6.25. The summed E-state index contributed by atoms with van der Waals surface area (Å²) >= 11 is 3.50. The van der Waals surface area contributed by atoms with Crippen LogP contribution in [0.3, 0.4) is 0 Å². The van der Waals surface area contributed by atoms with Gasteiger partial charge in [0.15, 0.2) is 0 Å². The summed E-state index contributed by atoms with van der Waals surface area (Å²) in [5.74, 6) is 1.04. The molecule has 100 valence electrons. The Morgan fingerprint density at radius 2 is 2.22 bits per heavy atom. The minimum atomic E-state index is 0.202. The molecule has 1 aliphatic heterocycles. The van der Waals surface area contributed by atoms with Crippen LogP contribution in [0.25, 0.3) is 0 Å². The average Bonchev–Trinajstić information content (AvgIpc) is 2.68. The first-order valence-electron chi connectivity index (χ1n) is 6.70. The second-order valence-corrected chi connectivity index (χ2v) is 6.63. The molecule has 0 radical (unpaired) electrons. The molecule has 2 nitrogen and oxygen atoms in total. The van der Waals surface area contributed by atoms with E-state index in [0.29, 0.717) is 0 Å². The van der Waals surface area contributed by atoms with Crippen molar-refractivity contribution in [3.05, 3.63) is 28.2 Å². The van der Waals surface area contributed by atoms with E-state index in [-0.39, 0.29) is 11.6 Å². The van der Waals surface area contributed by atoms with Crippen LogP contribution >= 0.6 is 15.9 Å². The summed E-state index contributed by atoms with van der Waals surface area (Å²) in [7, 11) is 0. The number of hydrogen-bond donors (Lipinski definition) is 1. The Bertz CT molecular complexity index is 417. The van der Waals surface area contributed by atoms with Gasteiger partial charge in [0, 0.05) is 23.0 Å². The fraction of sp³-hybridized carbons (Fsp3) is 0.600. The van der Waals surface area contributed by atoms with Crippen LogP contribution in [-0.2, 0) is 6.42 Å². The third-order valence-electron chi connectivity index (χ3n) is 3.45. The van der Waals surface area contributed by atoms with E-state index in [4.69, 9.17) is 4.74 Å². The Hall–Kier alpha value is -0.540. The maximum Gasteiger partial charge on any atom is 0.123 e. The molecule has 0 amide bonds. The highest BCUT2D eigenvalue weighted by Gasteiger charge is 2.25. The number of fused-ring (bicyclic) bond motifs is 1. The van der Waals surface area contributed by atoms with Crippen LogP contribution in [0.4, 0.5) is 0 Å². The van der Waals surface area contributed by atoms with Gasteiger partial charge in [-0.2, -0.15) is 0 Å². The van der Waals surface area contributed by atoms with Crippen LogP contribution in [0, 0.1) is 0 Å². The van der Waals surface area contributed by atoms with Crippen LogP contribution < -0.4 is 10.1 Å². The van der Waals surface area contributed by atoms with E-state index in [0.717, 1.165) is 23.2 Å². The van der Waals surface area contributed by atoms with Crippen molar-refractivity contribution in [2.24, 2.45) is 0 Å². The molecule has 0 bridgehead atoms. The molecule has 1 aromatic carbocycles. The quantitative estimate of drug-likeness (QED) is 0.890. The largest absolute Gasteiger partial charge is 0.488 e. The molecule has 1 aliphatic rings. The highest BCUT2D eigenvalue weighted by atomic mass is 79.9. The van der Waals surface area contributed by atoms with Gasteiger partial charge in [0.25, 0.3) is 0 Å². The zero-order valence-electron chi connectivity index (χ0n) is 11.4. The zero-order valence-corrected chi connectivity index (χ0v) is 13.0. The van der Waals surface area contributed by atoms with Gasteiger partial charge in [-0.25, -0.2) is 0 Å². The lowest BCUT2D eigenvalue weighted by atomic mass is 9.98. The third kappa shape index (κ3) is 3.48. The standard InChI is InChI=1S/C15H22BrNO/c1-4-7-15(2,3)17-10-13-9-11-8-12(16)5-6-14(11)18-13/h5-6,8,13,17H,4,7,9-10H2,1-3H3. The molecule has 0 spiro atoms. The topological polar surface area (TPSA) is 21.3 Å². The maximum absolute atomic E-state index is 5.95. The number of benzene rings is 1. The van der Waals surface area contributed by atoms with Gasteiger partial charge >= 0.3 is 0 Å². The highest BCUT2D eigenvalue weighted by molar-refractivity contribution is 9.10. The van der Waals surface area contributed by atoms with Gasteiger partial charge in [-0.1, -0.05) is 29.3 Å². The molecular formula is C15H22BrNO. The number of halogens is 1. The molecule has 1 atom stereocenters. The zero-order chi connectivity index (χ0) is 13.2. The molecule has 1 unspecified atom stereocenters. The molecule has 18 heavy (non-hydrogen) atoms. The van der Waals surface area contributed by atoms with Crippen LogP contribution in [0.5, 0.6) is 5.75 Å². The normalized spacial score (nSPS) is 18.6. The van der Waals surface area contributed by atoms with Crippen molar-refractivity contribution < 1.29 is 4.74 Å². The smallest absolute Gasteiger partial charge is 0.123 e. The van der Waals surface area contributed by atoms with Gasteiger partial charge in [-0.15, -0.1) is 0 Å². The van der Waals surface area contributed by atoms with E-state index in [2.05, 4.69) is 54.2 Å². The molecule has 1 aromatic rings. The van der Waals surface area contributed by atoms with Crippen molar-refractivity contribution >= 4 is 15.9 Å². The van der Waals surface area contributed by atoms with E-state index in [9.17, 15) is 0 Å². The van der Waals surface area contributed by atoms with Crippen molar-refractivity contribution in [1.82, 2.24) is 5.32 Å². The molecule has 1 heterocycles. The van der Waals surface area contributed by atoms with Crippen LogP contribution in [0.1, 0.15) is 39.2 Å². The second kappa shape index (κ2) is 5.62. The van der Waals surface area contributed by atoms with Crippen molar-refractivity contribution in [1.29, 1.82) is 0 Å². The number of ether oxygens (including phenoxy) is 1. The molecule has 0 saturated heterocycles. The van der Waals surface area contributed by atoms with Crippen molar-refractivity contribution in [2.75, 3.05) is 6.54 Å². The fourth-order valence-electron chi connectivity index (χ4n) is 2.51. The first kappa shape index (κ1) is 13.9. The van der Waals surface area contributed by atoms with Crippen molar-refractivity contribution in [3.63, 3.8) is 0 Å². The number of rotatable bonds is 5. The molecule has 0 aromatic heterocycles. The summed E-state index contributed by atoms with van der Waals surface area (Å²) in [5.41, 5.74) is 1.51. The van der Waals surface area contributed by atoms with Gasteiger partial charge in [0.05, 0.1) is 0 Å². The van der Waals surface area contributed by atoms with E-state index in [1.54, 1.807) is 0 Å². The monoisotopic (exact) mass is 311 g/mol. The number of nitrogens with one attached hydrogen (secondary N) is 1. The average molecular weight is 312 g/mol. The SMILES string of the molecule is CCCC(C)(C)NCC1Cc2cc(Br)ccc2O1. The van der Waals surface area contributed by atoms with Crippen LogP contribution in [-0.4, -0.2) is 18.2 Å². The Morgan fingerprint density at radius 1 is 1.44 bits per heavy atom. The Labute approximate surface area is 118 Å². The Morgan fingerprint density at radius 3 is 2.94 bits per heavy atom. The van der Waals surface area contributed by atoms with Gasteiger partial charge in [-0.3, -0.25) is 0 Å². The molecule has 2 rings (SSSR count). The van der Waals surface area contributed by atoms with Crippen molar-refractivity contribution in [3.8, 4) is 5.75 Å². The van der Waals surface area contributed by atoms with Gasteiger partial charge in [0.2, 0.25) is 0 Å². The van der Waals surface area contributed by atoms with Crippen LogP contribution in [0.2, 0.25) is 0 Å². The summed E-state index contributed by atoms with van der Waals surface area (Å²) in [6.45, 7) is 7.66. The van der Waals surface area contributed by atoms with E-state index >= 15 is 0 Å². The maximum atomic E-state index is 5.95. The summed E-state index contributed by atoms with van der Waals surface area (Å²) in [5, 5.41) is 3.61. The minimum absolute atomic E-state index is 0.202. The molecule has 0 fully saturated rings. The first-order chi connectivity index (χ1) is 8.50. The second-order valence-electron chi connectivity index (χ2n) is 5.71. The van der Waals surface area contributed by atoms with Crippen molar-refractivity contribution in [2.45, 2.75) is 51.7 Å². The van der Waals surface area contributed by atoms with Gasteiger partial charge in [0.1, 0.15) is 11.9 Å². The third-order valence-corrected chi connectivity index (χ3v) is 3.94. The Kier molecular flexibility index (Phi) is 4.33. The highest BCUT2D eigenvalue weighted by Crippen LogP contribution is 2.31. The van der Waals surface area contributed by atoms with E-state index < -0.39 is 0 Å². The summed E-state index contributed by atoms with van der Waals surface area (Å²) in [6.07, 6.45) is 3.67. The lowest BCUT2D eigenvalue weighted by Gasteiger charge is -2.27. The molecule has 3 heteroatoms. The molecule has 0 saturated carbocycles. The van der Waals surface area contributed by atoms with E-state index in [1.807, 2.05) is 6.07 Å². The fourth-order valence-corrected chi connectivity index (χ4v) is 2.91. The lowest BCUT2D eigenvalue weighted by molar-refractivity contribution is 0.205. The Balaban J connectivity index is 1.88. The molecule has 0 aliphatic carbocycles. The molecule has 1 N–H and O–H groups in total. The summed E-state index contributed by atoms with van der Waals surface area (Å²) < 4.78 is 7.08. The van der Waals surface area contributed by atoms with Gasteiger partial charge < -0.3 is 10.1 Å².